The minimum atomic E-state index is -1.72. The maximum absolute atomic E-state index is 13.1. The van der Waals surface area contributed by atoms with Crippen LogP contribution >= 0.6 is 23.1 Å². The monoisotopic (exact) mass is 531 g/mol. The molecule has 14 heteroatoms. The van der Waals surface area contributed by atoms with E-state index in [1.54, 1.807) is 0 Å². The summed E-state index contributed by atoms with van der Waals surface area (Å²) in [5.74, 6) is -2.02. The van der Waals surface area contributed by atoms with Gasteiger partial charge in [0.1, 0.15) is 17.1 Å². The SMILES string of the molecule is CC(C)(O/N=C(\C(=O)NC1C(=O)N2C(C=O)=C(C[n+]3ccccc3)CSC12)c1csc(N)n1)C(=O)O. The molecule has 1 saturated heterocycles. The highest BCUT2D eigenvalue weighted by atomic mass is 32.2. The molecular weight excluding hydrogens is 508 g/mol. The van der Waals surface area contributed by atoms with Gasteiger partial charge in [-0.15, -0.1) is 23.1 Å². The first kappa shape index (κ1) is 25.3. The van der Waals surface area contributed by atoms with Crippen LogP contribution in [0.5, 0.6) is 0 Å². The van der Waals surface area contributed by atoms with Crippen molar-refractivity contribution in [1.29, 1.82) is 0 Å². The second-order valence-corrected chi connectivity index (χ2v) is 10.4. The molecule has 2 aliphatic rings. The van der Waals surface area contributed by atoms with Gasteiger partial charge >= 0.3 is 5.97 Å². The Hall–Kier alpha value is -3.78. The van der Waals surface area contributed by atoms with E-state index in [1.165, 1.54) is 35.9 Å². The number of rotatable bonds is 9. The molecule has 0 saturated carbocycles. The van der Waals surface area contributed by atoms with Crippen molar-refractivity contribution >= 4 is 58.0 Å². The van der Waals surface area contributed by atoms with Crippen LogP contribution in [-0.4, -0.2) is 67.5 Å². The van der Waals surface area contributed by atoms with E-state index in [1.807, 2.05) is 35.2 Å². The average Bonchev–Trinajstić information content (AvgIpc) is 3.28. The zero-order chi connectivity index (χ0) is 26.0. The van der Waals surface area contributed by atoms with Crippen LogP contribution in [-0.2, 0) is 30.6 Å². The number of pyridine rings is 1. The van der Waals surface area contributed by atoms with Gasteiger partial charge in [-0.3, -0.25) is 19.3 Å². The third kappa shape index (κ3) is 4.95. The number of thioether (sulfide) groups is 1. The number of nitrogens with two attached hydrogens (primary N) is 1. The van der Waals surface area contributed by atoms with Gasteiger partial charge in [0, 0.05) is 28.8 Å². The number of amides is 2. The van der Waals surface area contributed by atoms with Crippen LogP contribution in [0.15, 0.2) is 52.4 Å². The molecule has 0 spiro atoms. The van der Waals surface area contributed by atoms with E-state index < -0.39 is 34.8 Å². The number of oxime groups is 1. The number of nitrogens with zero attached hydrogens (tertiary/aromatic N) is 4. The van der Waals surface area contributed by atoms with E-state index in [0.717, 1.165) is 16.9 Å². The quantitative estimate of drug-likeness (QED) is 0.134. The number of aromatic nitrogens is 2. The number of carboxylic acids is 1. The number of hydrogen-bond donors (Lipinski definition) is 3. The van der Waals surface area contributed by atoms with Crippen LogP contribution in [0.2, 0.25) is 0 Å². The number of carbonyl (C=O) groups excluding carboxylic acids is 3. The molecule has 2 aliphatic heterocycles. The van der Waals surface area contributed by atoms with Gasteiger partial charge in [0.15, 0.2) is 36.1 Å². The summed E-state index contributed by atoms with van der Waals surface area (Å²) in [5, 5.41) is 16.8. The molecule has 2 aromatic heterocycles. The zero-order valence-electron chi connectivity index (χ0n) is 19.3. The molecule has 12 nitrogen and oxygen atoms in total. The minimum Gasteiger partial charge on any atom is -0.478 e. The molecule has 1 fully saturated rings. The Bertz CT molecular complexity index is 1270. The molecule has 0 aliphatic carbocycles. The van der Waals surface area contributed by atoms with Crippen LogP contribution in [0.1, 0.15) is 19.5 Å². The smallest absolute Gasteiger partial charge is 0.350 e. The van der Waals surface area contributed by atoms with Crippen LogP contribution in [0, 0.1) is 0 Å². The van der Waals surface area contributed by atoms with Crippen molar-refractivity contribution in [3.05, 3.63) is 52.9 Å². The summed E-state index contributed by atoms with van der Waals surface area (Å²) in [6.07, 6.45) is 4.40. The summed E-state index contributed by atoms with van der Waals surface area (Å²) in [6.45, 7) is 3.00. The third-order valence-corrected chi connectivity index (χ3v) is 7.52. The number of nitrogens with one attached hydrogen (secondary N) is 1. The molecule has 4 heterocycles. The molecule has 2 amide bonds. The van der Waals surface area contributed by atoms with Crippen molar-refractivity contribution < 1.29 is 33.7 Å². The highest BCUT2D eigenvalue weighted by molar-refractivity contribution is 8.00. The predicted molar refractivity (Wildman–Crippen MR) is 131 cm³/mol. The summed E-state index contributed by atoms with van der Waals surface area (Å²) < 4.78 is 1.91. The van der Waals surface area contributed by atoms with Crippen molar-refractivity contribution in [2.24, 2.45) is 5.16 Å². The molecule has 0 bridgehead atoms. The molecular formula is C22H23N6O6S2+. The minimum absolute atomic E-state index is 0.0757. The fourth-order valence-corrected chi connectivity index (χ4v) is 5.39. The van der Waals surface area contributed by atoms with E-state index in [4.69, 9.17) is 10.6 Å². The van der Waals surface area contributed by atoms with Gasteiger partial charge in [-0.2, -0.15) is 0 Å². The first-order chi connectivity index (χ1) is 17.1. The topological polar surface area (TPSA) is 168 Å². The Morgan fingerprint density at radius 3 is 2.72 bits per heavy atom. The lowest BCUT2D eigenvalue weighted by molar-refractivity contribution is -0.689. The van der Waals surface area contributed by atoms with Crippen molar-refractivity contribution in [3.63, 3.8) is 0 Å². The lowest BCUT2D eigenvalue weighted by Crippen LogP contribution is -2.70. The average molecular weight is 532 g/mol. The van der Waals surface area contributed by atoms with Crippen molar-refractivity contribution in [2.75, 3.05) is 11.5 Å². The van der Waals surface area contributed by atoms with E-state index in [0.29, 0.717) is 24.3 Å². The Labute approximate surface area is 213 Å². The number of nitrogen functional groups attached to an aromatic ring is 1. The number of aldehydes is 1. The molecule has 4 N–H and O–H groups in total. The van der Waals surface area contributed by atoms with Crippen molar-refractivity contribution in [2.45, 2.75) is 37.4 Å². The molecule has 0 aromatic carbocycles. The van der Waals surface area contributed by atoms with Crippen molar-refractivity contribution in [1.82, 2.24) is 15.2 Å². The van der Waals surface area contributed by atoms with Crippen LogP contribution in [0.4, 0.5) is 5.13 Å². The zero-order valence-corrected chi connectivity index (χ0v) is 20.9. The highest BCUT2D eigenvalue weighted by Gasteiger charge is 2.53. The molecule has 2 unspecified atom stereocenters. The van der Waals surface area contributed by atoms with E-state index in [-0.39, 0.29) is 16.5 Å². The first-order valence-corrected chi connectivity index (χ1v) is 12.6. The number of β-lactam (4-membered cyclic amide) rings is 1. The molecule has 2 atom stereocenters. The van der Waals surface area contributed by atoms with Crippen LogP contribution in [0.25, 0.3) is 0 Å². The summed E-state index contributed by atoms with van der Waals surface area (Å²) in [6, 6.07) is 4.71. The standard InChI is InChI=1S/C22H22N6O6S2/c1-22(2,20(32)33)34-26-15(13-11-36-21(23)24-13)17(30)25-16-18(31)28-14(9-29)12(10-35-19(16)28)8-27-6-4-3-5-7-27/h3-7,9,11,16,19H,8,10H2,1-2H3,(H3-,23,24,25,30,32,33)/p+1/b26-15-. The fourth-order valence-electron chi connectivity index (χ4n) is 3.49. The number of fused-ring (bicyclic) bond motifs is 1. The largest absolute Gasteiger partial charge is 0.478 e. The van der Waals surface area contributed by atoms with Crippen molar-refractivity contribution in [3.8, 4) is 0 Å². The van der Waals surface area contributed by atoms with E-state index >= 15 is 0 Å². The van der Waals surface area contributed by atoms with Crippen LogP contribution in [0.3, 0.4) is 0 Å². The maximum atomic E-state index is 13.1. The Morgan fingerprint density at radius 2 is 2.11 bits per heavy atom. The Balaban J connectivity index is 1.53. The maximum Gasteiger partial charge on any atom is 0.350 e. The van der Waals surface area contributed by atoms with E-state index in [2.05, 4.69) is 15.5 Å². The van der Waals surface area contributed by atoms with Gasteiger partial charge in [-0.1, -0.05) is 11.2 Å². The molecule has 4 rings (SSSR count). The third-order valence-electron chi connectivity index (χ3n) is 5.50. The van der Waals surface area contributed by atoms with Gasteiger partial charge in [0.25, 0.3) is 11.8 Å². The van der Waals surface area contributed by atoms with Gasteiger partial charge in [0.05, 0.1) is 5.70 Å². The molecule has 36 heavy (non-hydrogen) atoms. The molecule has 0 radical (unpaired) electrons. The summed E-state index contributed by atoms with van der Waals surface area (Å²) in [4.78, 5) is 59.9. The summed E-state index contributed by atoms with van der Waals surface area (Å²) in [5.41, 5.74) is 4.80. The number of allylic oxidation sites excluding steroid dienone is 1. The summed E-state index contributed by atoms with van der Waals surface area (Å²) >= 11 is 2.48. The number of carbonyl (C=O) groups is 4. The number of carboxylic acid groups (broad SMARTS) is 1. The summed E-state index contributed by atoms with van der Waals surface area (Å²) in [7, 11) is 0. The second-order valence-electron chi connectivity index (χ2n) is 8.43. The van der Waals surface area contributed by atoms with Gasteiger partial charge in [0.2, 0.25) is 5.60 Å². The molecule has 2 aromatic rings. The number of anilines is 1. The number of thiazole rings is 1. The Kier molecular flexibility index (Phi) is 7.08. The second kappa shape index (κ2) is 10.1. The molecule has 188 valence electrons. The number of aliphatic carboxylic acids is 1. The fraction of sp³-hybridized carbons (Fsp3) is 0.318. The van der Waals surface area contributed by atoms with Gasteiger partial charge < -0.3 is 21.0 Å². The normalized spacial score (nSPS) is 19.9. The van der Waals surface area contributed by atoms with Crippen LogP contribution < -0.4 is 15.6 Å². The van der Waals surface area contributed by atoms with E-state index in [9.17, 15) is 24.3 Å². The van der Waals surface area contributed by atoms with Gasteiger partial charge in [-0.05, 0) is 13.8 Å². The Morgan fingerprint density at radius 1 is 1.39 bits per heavy atom. The first-order valence-electron chi connectivity index (χ1n) is 10.7. The van der Waals surface area contributed by atoms with Gasteiger partial charge in [-0.25, -0.2) is 14.3 Å². The highest BCUT2D eigenvalue weighted by Crippen LogP contribution is 2.39. The lowest BCUT2D eigenvalue weighted by Gasteiger charge is -2.49. The lowest BCUT2D eigenvalue weighted by atomic mass is 10.0. The number of hydrogen-bond acceptors (Lipinski definition) is 10. The predicted octanol–water partition coefficient (Wildman–Crippen LogP) is 0.150.